The maximum atomic E-state index is 12.2. The third-order valence-electron chi connectivity index (χ3n) is 3.34. The number of hydrogen-bond acceptors (Lipinski definition) is 2. The quantitative estimate of drug-likeness (QED) is 0.858. The van der Waals surface area contributed by atoms with Gasteiger partial charge in [-0.15, -0.1) is 0 Å². The second kappa shape index (κ2) is 5.87. The van der Waals surface area contributed by atoms with Crippen LogP contribution in [0.15, 0.2) is 28.7 Å². The van der Waals surface area contributed by atoms with Crippen molar-refractivity contribution < 1.29 is 17.6 Å². The van der Waals surface area contributed by atoms with E-state index in [2.05, 4.69) is 5.32 Å². The van der Waals surface area contributed by atoms with Crippen LogP contribution in [0.25, 0.3) is 11.0 Å². The molecule has 0 radical (unpaired) electrons. The molecule has 1 atom stereocenters. The fourth-order valence-corrected chi connectivity index (χ4v) is 2.29. The van der Waals surface area contributed by atoms with Crippen molar-refractivity contribution in [2.24, 2.45) is 0 Å². The highest BCUT2D eigenvalue weighted by Crippen LogP contribution is 2.29. The van der Waals surface area contributed by atoms with Gasteiger partial charge in [0.1, 0.15) is 11.3 Å². The summed E-state index contributed by atoms with van der Waals surface area (Å²) in [5.74, 6) is 0.690. The summed E-state index contributed by atoms with van der Waals surface area (Å²) in [6.45, 7) is 1.99. The second-order valence-electron chi connectivity index (χ2n) is 5.04. The normalized spacial score (nSPS) is 13.8. The van der Waals surface area contributed by atoms with Crippen LogP contribution < -0.4 is 5.32 Å². The summed E-state index contributed by atoms with van der Waals surface area (Å²) in [5, 5.41) is 4.00. The van der Waals surface area contributed by atoms with Crippen LogP contribution in [-0.2, 0) is 0 Å². The molecule has 1 heterocycles. The molecule has 2 rings (SSSR count). The van der Waals surface area contributed by atoms with Crippen LogP contribution in [-0.4, -0.2) is 13.2 Å². The number of halogens is 3. The maximum absolute atomic E-state index is 12.2. The summed E-state index contributed by atoms with van der Waals surface area (Å²) in [6.07, 6.45) is -4.37. The highest BCUT2D eigenvalue weighted by molar-refractivity contribution is 5.78. The van der Waals surface area contributed by atoms with Crippen molar-refractivity contribution in [2.45, 2.75) is 38.4 Å². The van der Waals surface area contributed by atoms with E-state index in [1.165, 1.54) is 0 Å². The highest BCUT2D eigenvalue weighted by Gasteiger charge is 2.27. The molecule has 0 fully saturated rings. The Labute approximate surface area is 116 Å². The first-order chi connectivity index (χ1) is 9.39. The summed E-state index contributed by atoms with van der Waals surface area (Å²) in [6, 6.07) is 7.55. The van der Waals surface area contributed by atoms with E-state index < -0.39 is 12.6 Å². The Kier molecular flexibility index (Phi) is 4.38. The van der Waals surface area contributed by atoms with Gasteiger partial charge in [0.05, 0.1) is 6.04 Å². The first-order valence-corrected chi connectivity index (χ1v) is 6.63. The number of furan rings is 1. The SMILES string of the molecule is CNC(CCCC(F)(F)F)c1cc2cc(C)ccc2o1. The third-order valence-corrected chi connectivity index (χ3v) is 3.34. The molecule has 0 aliphatic heterocycles. The molecule has 0 spiro atoms. The Morgan fingerprint density at radius 2 is 2.00 bits per heavy atom. The zero-order valence-electron chi connectivity index (χ0n) is 11.6. The Hall–Kier alpha value is -1.49. The lowest BCUT2D eigenvalue weighted by Gasteiger charge is -2.14. The molecular weight excluding hydrogens is 267 g/mol. The number of benzene rings is 1. The number of nitrogens with one attached hydrogen (secondary N) is 1. The molecule has 0 amide bonds. The van der Waals surface area contributed by atoms with Gasteiger partial charge >= 0.3 is 6.18 Å². The monoisotopic (exact) mass is 285 g/mol. The Morgan fingerprint density at radius 3 is 2.65 bits per heavy atom. The van der Waals surface area contributed by atoms with Gasteiger partial charge in [-0.2, -0.15) is 13.2 Å². The summed E-state index contributed by atoms with van der Waals surface area (Å²) in [5.41, 5.74) is 1.89. The summed E-state index contributed by atoms with van der Waals surface area (Å²) < 4.78 is 42.3. The van der Waals surface area contributed by atoms with Crippen LogP contribution >= 0.6 is 0 Å². The second-order valence-corrected chi connectivity index (χ2v) is 5.04. The fourth-order valence-electron chi connectivity index (χ4n) is 2.29. The molecule has 0 saturated heterocycles. The average Bonchev–Trinajstić information content (AvgIpc) is 2.75. The molecule has 0 aliphatic carbocycles. The van der Waals surface area contributed by atoms with Gasteiger partial charge in [0.2, 0.25) is 0 Å². The van der Waals surface area contributed by atoms with E-state index in [9.17, 15) is 13.2 Å². The van der Waals surface area contributed by atoms with Gasteiger partial charge in [-0.05, 0) is 45.0 Å². The Bertz CT molecular complexity index is 574. The molecule has 2 aromatic rings. The minimum atomic E-state index is -4.09. The molecule has 5 heteroatoms. The van der Waals surface area contributed by atoms with E-state index in [0.717, 1.165) is 16.5 Å². The molecule has 0 bridgehead atoms. The lowest BCUT2D eigenvalue weighted by Crippen LogP contribution is -2.17. The van der Waals surface area contributed by atoms with Crippen molar-refractivity contribution in [3.8, 4) is 0 Å². The van der Waals surface area contributed by atoms with Gasteiger partial charge < -0.3 is 9.73 Å². The van der Waals surface area contributed by atoms with Gasteiger partial charge in [0, 0.05) is 11.8 Å². The van der Waals surface area contributed by atoms with Gasteiger partial charge in [0.15, 0.2) is 0 Å². The van der Waals surface area contributed by atoms with E-state index in [4.69, 9.17) is 4.42 Å². The van der Waals surface area contributed by atoms with Gasteiger partial charge in [-0.1, -0.05) is 11.6 Å². The molecule has 1 aromatic carbocycles. The number of rotatable bonds is 5. The van der Waals surface area contributed by atoms with E-state index in [-0.39, 0.29) is 12.5 Å². The molecule has 0 saturated carbocycles. The van der Waals surface area contributed by atoms with Gasteiger partial charge in [0.25, 0.3) is 0 Å². The summed E-state index contributed by atoms with van der Waals surface area (Å²) in [7, 11) is 1.73. The Balaban J connectivity index is 2.09. The van der Waals surface area contributed by atoms with E-state index in [1.54, 1.807) is 7.05 Å². The van der Waals surface area contributed by atoms with Crippen molar-refractivity contribution >= 4 is 11.0 Å². The maximum Gasteiger partial charge on any atom is 0.389 e. The molecule has 1 N–H and O–H groups in total. The molecule has 0 aliphatic rings. The van der Waals surface area contributed by atoms with Crippen LogP contribution in [0.3, 0.4) is 0 Å². The van der Waals surface area contributed by atoms with Crippen molar-refractivity contribution in [1.82, 2.24) is 5.32 Å². The van der Waals surface area contributed by atoms with Crippen molar-refractivity contribution in [3.05, 3.63) is 35.6 Å². The molecule has 1 unspecified atom stereocenters. The van der Waals surface area contributed by atoms with Crippen LogP contribution in [0.2, 0.25) is 0 Å². The molecule has 1 aromatic heterocycles. The lowest BCUT2D eigenvalue weighted by atomic mass is 10.1. The smallest absolute Gasteiger partial charge is 0.389 e. The summed E-state index contributed by atoms with van der Waals surface area (Å²) >= 11 is 0. The van der Waals surface area contributed by atoms with Crippen LogP contribution in [0.5, 0.6) is 0 Å². The van der Waals surface area contributed by atoms with Crippen molar-refractivity contribution in [3.63, 3.8) is 0 Å². The minimum Gasteiger partial charge on any atom is -0.459 e. The van der Waals surface area contributed by atoms with E-state index >= 15 is 0 Å². The first-order valence-electron chi connectivity index (χ1n) is 6.63. The molecular formula is C15H18F3NO. The minimum absolute atomic E-state index is 0.0884. The topological polar surface area (TPSA) is 25.2 Å². The Morgan fingerprint density at radius 1 is 1.25 bits per heavy atom. The number of aryl methyl sites for hydroxylation is 1. The lowest BCUT2D eigenvalue weighted by molar-refractivity contribution is -0.135. The fraction of sp³-hybridized carbons (Fsp3) is 0.467. The number of hydrogen-bond donors (Lipinski definition) is 1. The van der Waals surface area contributed by atoms with Gasteiger partial charge in [-0.25, -0.2) is 0 Å². The van der Waals surface area contributed by atoms with Crippen molar-refractivity contribution in [2.75, 3.05) is 7.05 Å². The van der Waals surface area contributed by atoms with E-state index in [0.29, 0.717) is 12.2 Å². The molecule has 2 nitrogen and oxygen atoms in total. The van der Waals surface area contributed by atoms with Gasteiger partial charge in [-0.3, -0.25) is 0 Å². The zero-order valence-corrected chi connectivity index (χ0v) is 11.6. The molecule has 110 valence electrons. The zero-order chi connectivity index (χ0) is 14.8. The molecule has 20 heavy (non-hydrogen) atoms. The van der Waals surface area contributed by atoms with Crippen molar-refractivity contribution in [1.29, 1.82) is 0 Å². The van der Waals surface area contributed by atoms with Crippen LogP contribution in [0.4, 0.5) is 13.2 Å². The highest BCUT2D eigenvalue weighted by atomic mass is 19.4. The third kappa shape index (κ3) is 3.76. The van der Waals surface area contributed by atoms with E-state index in [1.807, 2.05) is 31.2 Å². The largest absolute Gasteiger partial charge is 0.459 e. The predicted molar refractivity (Wildman–Crippen MR) is 72.7 cm³/mol. The van der Waals surface area contributed by atoms with Crippen LogP contribution in [0, 0.1) is 6.92 Å². The first kappa shape index (κ1) is 14.9. The van der Waals surface area contributed by atoms with Crippen LogP contribution in [0.1, 0.15) is 36.6 Å². The number of fused-ring (bicyclic) bond motifs is 1. The predicted octanol–water partition coefficient (Wildman–Crippen LogP) is 4.73. The average molecular weight is 285 g/mol. The number of alkyl halides is 3. The summed E-state index contributed by atoms with van der Waals surface area (Å²) in [4.78, 5) is 0. The standard InChI is InChI=1S/C15H18F3NO/c1-10-5-6-13-11(8-10)9-14(20-13)12(19-2)4-3-7-15(16,17)18/h5-6,8-9,12,19H,3-4,7H2,1-2H3.